The second-order valence-corrected chi connectivity index (χ2v) is 5.64. The van der Waals surface area contributed by atoms with Crippen LogP contribution in [0.5, 0.6) is 0 Å². The van der Waals surface area contributed by atoms with E-state index in [0.29, 0.717) is 37.9 Å². The molecule has 0 radical (unpaired) electrons. The molecule has 0 aliphatic heterocycles. The fraction of sp³-hybridized carbons (Fsp3) is 0.474. The Labute approximate surface area is 137 Å². The molecule has 0 saturated heterocycles. The monoisotopic (exact) mass is 314 g/mol. The van der Waals surface area contributed by atoms with E-state index in [1.165, 1.54) is 19.4 Å². The standard InChI is InChI=1S/C19H22O4/c1-14(20)22-11-6-5-9-18-16-7-3-4-8-17(13-16)19(18)10-12-23-15(2)21/h3-4,7-8,16-17H,6,10-13H2,1-2H3. The summed E-state index contributed by atoms with van der Waals surface area (Å²) in [6.45, 7) is 3.53. The maximum atomic E-state index is 10.9. The topological polar surface area (TPSA) is 52.6 Å². The van der Waals surface area contributed by atoms with E-state index in [9.17, 15) is 9.59 Å². The Morgan fingerprint density at radius 2 is 1.74 bits per heavy atom. The highest BCUT2D eigenvalue weighted by Crippen LogP contribution is 2.41. The Bertz CT molecular complexity index is 613. The fourth-order valence-electron chi connectivity index (χ4n) is 2.94. The van der Waals surface area contributed by atoms with Crippen molar-refractivity contribution in [2.45, 2.75) is 33.1 Å². The van der Waals surface area contributed by atoms with Crippen molar-refractivity contribution < 1.29 is 19.1 Å². The number of rotatable bonds is 5. The van der Waals surface area contributed by atoms with E-state index in [0.717, 1.165) is 12.0 Å². The average Bonchev–Trinajstić information content (AvgIpc) is 2.66. The summed E-state index contributed by atoms with van der Waals surface area (Å²) in [5.41, 5.74) is 2.39. The average molecular weight is 314 g/mol. The van der Waals surface area contributed by atoms with Crippen LogP contribution >= 0.6 is 0 Å². The third-order valence-electron chi connectivity index (χ3n) is 3.90. The Morgan fingerprint density at radius 3 is 2.43 bits per heavy atom. The number of ether oxygens (including phenoxy) is 2. The largest absolute Gasteiger partial charge is 0.466 e. The molecule has 0 aromatic carbocycles. The third-order valence-corrected chi connectivity index (χ3v) is 3.90. The van der Waals surface area contributed by atoms with Crippen LogP contribution in [-0.2, 0) is 19.1 Å². The molecule has 0 heterocycles. The second-order valence-electron chi connectivity index (χ2n) is 5.64. The maximum absolute atomic E-state index is 10.9. The number of allylic oxidation sites excluding steroid dienone is 5. The molecule has 2 atom stereocenters. The van der Waals surface area contributed by atoms with Gasteiger partial charge in [-0.15, -0.1) is 0 Å². The first-order valence-corrected chi connectivity index (χ1v) is 7.91. The van der Waals surface area contributed by atoms with E-state index >= 15 is 0 Å². The molecule has 122 valence electrons. The van der Waals surface area contributed by atoms with Crippen LogP contribution in [0.2, 0.25) is 0 Å². The minimum absolute atomic E-state index is 0.256. The molecule has 0 aromatic heterocycles. The van der Waals surface area contributed by atoms with Gasteiger partial charge in [0, 0.05) is 44.1 Å². The lowest BCUT2D eigenvalue weighted by Crippen LogP contribution is -2.05. The van der Waals surface area contributed by atoms with E-state index in [4.69, 9.17) is 9.47 Å². The number of hydrogen-bond donors (Lipinski definition) is 0. The van der Waals surface area contributed by atoms with Crippen molar-refractivity contribution in [1.82, 2.24) is 0 Å². The molecular weight excluding hydrogens is 292 g/mol. The summed E-state index contributed by atoms with van der Waals surface area (Å²) >= 11 is 0. The first kappa shape index (κ1) is 17.1. The van der Waals surface area contributed by atoms with Gasteiger partial charge in [0.25, 0.3) is 0 Å². The van der Waals surface area contributed by atoms with E-state index in [2.05, 4.69) is 36.1 Å². The van der Waals surface area contributed by atoms with Crippen molar-refractivity contribution in [2.75, 3.05) is 13.2 Å². The van der Waals surface area contributed by atoms with Crippen LogP contribution in [-0.4, -0.2) is 25.2 Å². The summed E-state index contributed by atoms with van der Waals surface area (Å²) in [6.07, 6.45) is 10.8. The highest BCUT2D eigenvalue weighted by Gasteiger charge is 2.30. The van der Waals surface area contributed by atoms with Crippen LogP contribution in [0.25, 0.3) is 0 Å². The molecule has 4 heteroatoms. The summed E-state index contributed by atoms with van der Waals surface area (Å²) in [5.74, 6) is 6.50. The zero-order valence-corrected chi connectivity index (χ0v) is 13.6. The zero-order valence-electron chi connectivity index (χ0n) is 13.6. The lowest BCUT2D eigenvalue weighted by Gasteiger charge is -2.11. The number of hydrogen-bond acceptors (Lipinski definition) is 4. The van der Waals surface area contributed by atoms with E-state index in [-0.39, 0.29) is 11.9 Å². The van der Waals surface area contributed by atoms with E-state index < -0.39 is 0 Å². The normalized spacial score (nSPS) is 21.5. The van der Waals surface area contributed by atoms with Crippen LogP contribution in [0.3, 0.4) is 0 Å². The molecule has 23 heavy (non-hydrogen) atoms. The van der Waals surface area contributed by atoms with E-state index in [1.807, 2.05) is 0 Å². The van der Waals surface area contributed by atoms with Crippen molar-refractivity contribution in [3.63, 3.8) is 0 Å². The molecule has 4 nitrogen and oxygen atoms in total. The number of carbonyl (C=O) groups is 2. The molecule has 2 aliphatic carbocycles. The second kappa shape index (κ2) is 8.38. The highest BCUT2D eigenvalue weighted by atomic mass is 16.5. The molecule has 2 unspecified atom stereocenters. The Hall–Kier alpha value is -2.28. The molecule has 0 aromatic rings. The smallest absolute Gasteiger partial charge is 0.302 e. The van der Waals surface area contributed by atoms with Gasteiger partial charge in [-0.2, -0.15) is 0 Å². The van der Waals surface area contributed by atoms with Crippen molar-refractivity contribution in [1.29, 1.82) is 0 Å². The van der Waals surface area contributed by atoms with Gasteiger partial charge >= 0.3 is 11.9 Å². The van der Waals surface area contributed by atoms with Gasteiger partial charge in [0.05, 0.1) is 6.61 Å². The number of fused-ring (bicyclic) bond motifs is 2. The molecule has 0 N–H and O–H groups in total. The molecular formula is C19H22O4. The molecule has 2 bridgehead atoms. The van der Waals surface area contributed by atoms with Crippen LogP contribution in [0.4, 0.5) is 0 Å². The summed E-state index contributed by atoms with van der Waals surface area (Å²) < 4.78 is 9.97. The van der Waals surface area contributed by atoms with Crippen LogP contribution in [0.15, 0.2) is 35.5 Å². The van der Waals surface area contributed by atoms with Gasteiger partial charge in [0.2, 0.25) is 0 Å². The minimum atomic E-state index is -0.283. The van der Waals surface area contributed by atoms with Crippen LogP contribution in [0.1, 0.15) is 33.1 Å². The Balaban J connectivity index is 2.07. The summed E-state index contributed by atoms with van der Waals surface area (Å²) in [6, 6.07) is 0. The van der Waals surface area contributed by atoms with Gasteiger partial charge in [0.1, 0.15) is 6.61 Å². The van der Waals surface area contributed by atoms with Crippen molar-refractivity contribution in [3.05, 3.63) is 35.5 Å². The SMILES string of the molecule is CC(=O)OCCC#CC1=C(CCOC(C)=O)C2C=CC=CC1C2. The quantitative estimate of drug-likeness (QED) is 0.445. The van der Waals surface area contributed by atoms with Gasteiger partial charge in [-0.1, -0.05) is 36.1 Å². The van der Waals surface area contributed by atoms with Gasteiger partial charge in [-0.3, -0.25) is 9.59 Å². The summed E-state index contributed by atoms with van der Waals surface area (Å²) in [7, 11) is 0. The third kappa shape index (κ3) is 5.14. The lowest BCUT2D eigenvalue weighted by atomic mass is 9.97. The van der Waals surface area contributed by atoms with Gasteiger partial charge < -0.3 is 9.47 Å². The van der Waals surface area contributed by atoms with Crippen LogP contribution in [0, 0.1) is 23.7 Å². The first-order chi connectivity index (χ1) is 11.1. The predicted octanol–water partition coefficient (Wildman–Crippen LogP) is 2.95. The summed E-state index contributed by atoms with van der Waals surface area (Å²) in [4.78, 5) is 21.7. The molecule has 0 saturated carbocycles. The Morgan fingerprint density at radius 1 is 1.09 bits per heavy atom. The van der Waals surface area contributed by atoms with E-state index in [1.54, 1.807) is 0 Å². The number of esters is 2. The molecule has 0 spiro atoms. The molecule has 0 fully saturated rings. The highest BCUT2D eigenvalue weighted by molar-refractivity contribution is 5.66. The van der Waals surface area contributed by atoms with Crippen molar-refractivity contribution in [3.8, 4) is 11.8 Å². The first-order valence-electron chi connectivity index (χ1n) is 7.91. The maximum Gasteiger partial charge on any atom is 0.302 e. The fourth-order valence-corrected chi connectivity index (χ4v) is 2.94. The number of carbonyl (C=O) groups excluding carboxylic acids is 2. The van der Waals surface area contributed by atoms with Gasteiger partial charge in [-0.05, 0) is 12.0 Å². The lowest BCUT2D eigenvalue weighted by molar-refractivity contribution is -0.141. The predicted molar refractivity (Wildman–Crippen MR) is 87.2 cm³/mol. The Kier molecular flexibility index (Phi) is 6.22. The minimum Gasteiger partial charge on any atom is -0.466 e. The molecule has 0 amide bonds. The summed E-state index contributed by atoms with van der Waals surface area (Å²) in [5, 5.41) is 0. The van der Waals surface area contributed by atoms with Gasteiger partial charge in [0.15, 0.2) is 0 Å². The molecule has 2 aliphatic rings. The zero-order chi connectivity index (χ0) is 16.7. The van der Waals surface area contributed by atoms with Crippen molar-refractivity contribution >= 4 is 11.9 Å². The van der Waals surface area contributed by atoms with Crippen LogP contribution < -0.4 is 0 Å². The van der Waals surface area contributed by atoms with Gasteiger partial charge in [-0.25, -0.2) is 0 Å². The molecule has 2 rings (SSSR count). The van der Waals surface area contributed by atoms with Crippen molar-refractivity contribution in [2.24, 2.45) is 11.8 Å².